The van der Waals surface area contributed by atoms with E-state index in [4.69, 9.17) is 4.74 Å². The Bertz CT molecular complexity index is 496. The second kappa shape index (κ2) is 4.99. The minimum atomic E-state index is -0.305. The maximum atomic E-state index is 13.2. The first kappa shape index (κ1) is 17.3. The monoisotopic (exact) mass is 320 g/mol. The van der Waals surface area contributed by atoms with E-state index in [0.29, 0.717) is 5.92 Å². The van der Waals surface area contributed by atoms with Crippen LogP contribution in [-0.2, 0) is 9.53 Å². The number of fused-ring (bicyclic) bond motifs is 2. The largest absolute Gasteiger partial charge is 0.459 e. The summed E-state index contributed by atoms with van der Waals surface area (Å²) in [6.07, 6.45) is 7.27. The predicted molar refractivity (Wildman–Crippen MR) is 94.0 cm³/mol. The highest BCUT2D eigenvalue weighted by Gasteiger charge is 2.68. The Kier molecular flexibility index (Phi) is 3.75. The Labute approximate surface area is 142 Å². The standard InChI is InChI=1S/C21H36O2/c1-18(2,3)12-21(13-19(21,4)5)17(22)23-20(6,7)16-11-14-8-9-15(16)10-14/h14-16H,8-13H2,1-7H3. The molecular weight excluding hydrogens is 284 g/mol. The van der Waals surface area contributed by atoms with Crippen LogP contribution in [0.3, 0.4) is 0 Å². The van der Waals surface area contributed by atoms with Crippen LogP contribution >= 0.6 is 0 Å². The number of ether oxygens (including phenoxy) is 1. The quantitative estimate of drug-likeness (QED) is 0.630. The van der Waals surface area contributed by atoms with Crippen LogP contribution < -0.4 is 0 Å². The average Bonchev–Trinajstić information content (AvgIpc) is 2.78. The van der Waals surface area contributed by atoms with Crippen LogP contribution in [0, 0.1) is 34.0 Å². The lowest BCUT2D eigenvalue weighted by atomic mass is 9.77. The molecular formula is C21H36O2. The van der Waals surface area contributed by atoms with Crippen molar-refractivity contribution >= 4 is 5.97 Å². The van der Waals surface area contributed by atoms with E-state index >= 15 is 0 Å². The zero-order chi connectivity index (χ0) is 17.3. The van der Waals surface area contributed by atoms with Crippen molar-refractivity contribution < 1.29 is 9.53 Å². The van der Waals surface area contributed by atoms with E-state index in [1.165, 1.54) is 25.7 Å². The van der Waals surface area contributed by atoms with Gasteiger partial charge in [0.2, 0.25) is 0 Å². The molecule has 2 nitrogen and oxygen atoms in total. The van der Waals surface area contributed by atoms with E-state index in [1.54, 1.807) is 0 Å². The van der Waals surface area contributed by atoms with Crippen LogP contribution in [0.4, 0.5) is 0 Å². The van der Waals surface area contributed by atoms with E-state index in [1.807, 2.05) is 0 Å². The first-order valence-electron chi connectivity index (χ1n) is 9.60. The number of esters is 1. The molecule has 3 saturated carbocycles. The van der Waals surface area contributed by atoms with Crippen LogP contribution in [0.25, 0.3) is 0 Å². The fraction of sp³-hybridized carbons (Fsp3) is 0.952. The van der Waals surface area contributed by atoms with Crippen molar-refractivity contribution in [2.75, 3.05) is 0 Å². The number of carbonyl (C=O) groups is 1. The van der Waals surface area contributed by atoms with E-state index in [2.05, 4.69) is 48.5 Å². The van der Waals surface area contributed by atoms with Gasteiger partial charge in [0, 0.05) is 5.92 Å². The summed E-state index contributed by atoms with van der Waals surface area (Å²) >= 11 is 0. The molecule has 0 aromatic carbocycles. The zero-order valence-electron chi connectivity index (χ0n) is 16.3. The van der Waals surface area contributed by atoms with Gasteiger partial charge in [-0.1, -0.05) is 41.0 Å². The summed E-state index contributed by atoms with van der Waals surface area (Å²) in [4.78, 5) is 13.2. The maximum absolute atomic E-state index is 13.2. The van der Waals surface area contributed by atoms with Crippen LogP contribution in [0.5, 0.6) is 0 Å². The molecule has 3 fully saturated rings. The SMILES string of the molecule is CC(C)(C)CC1(C(=O)OC(C)(C)C2CC3CCC2C3)CC1(C)C. The Morgan fingerprint density at radius 2 is 1.70 bits per heavy atom. The lowest BCUT2D eigenvalue weighted by Gasteiger charge is -2.39. The molecule has 2 heteroatoms. The summed E-state index contributed by atoms with van der Waals surface area (Å²) in [6, 6.07) is 0. The Morgan fingerprint density at radius 1 is 1.09 bits per heavy atom. The highest BCUT2D eigenvalue weighted by Crippen LogP contribution is 2.68. The molecule has 132 valence electrons. The molecule has 0 aromatic rings. The van der Waals surface area contributed by atoms with Gasteiger partial charge in [0.15, 0.2) is 0 Å². The second-order valence-electron chi connectivity index (χ2n) is 11.2. The van der Waals surface area contributed by atoms with Gasteiger partial charge in [0.1, 0.15) is 5.60 Å². The fourth-order valence-electron chi connectivity index (χ4n) is 5.85. The minimum absolute atomic E-state index is 0.0743. The maximum Gasteiger partial charge on any atom is 0.313 e. The predicted octanol–water partition coefficient (Wildman–Crippen LogP) is 5.60. The van der Waals surface area contributed by atoms with E-state index < -0.39 is 0 Å². The Morgan fingerprint density at radius 3 is 2.09 bits per heavy atom. The molecule has 0 aromatic heterocycles. The van der Waals surface area contributed by atoms with Crippen molar-refractivity contribution in [1.29, 1.82) is 0 Å². The van der Waals surface area contributed by atoms with Crippen LogP contribution in [-0.4, -0.2) is 11.6 Å². The van der Waals surface area contributed by atoms with Crippen molar-refractivity contribution in [3.8, 4) is 0 Å². The van der Waals surface area contributed by atoms with Gasteiger partial charge in [0.25, 0.3) is 0 Å². The highest BCUT2D eigenvalue weighted by molar-refractivity contribution is 5.82. The van der Waals surface area contributed by atoms with Gasteiger partial charge >= 0.3 is 5.97 Å². The molecule has 23 heavy (non-hydrogen) atoms. The Hall–Kier alpha value is -0.530. The second-order valence-corrected chi connectivity index (χ2v) is 11.2. The topological polar surface area (TPSA) is 26.3 Å². The van der Waals surface area contributed by atoms with Crippen LogP contribution in [0.1, 0.15) is 87.0 Å². The van der Waals surface area contributed by atoms with Crippen molar-refractivity contribution in [3.63, 3.8) is 0 Å². The smallest absolute Gasteiger partial charge is 0.313 e. The average molecular weight is 321 g/mol. The van der Waals surface area contributed by atoms with Gasteiger partial charge in [-0.3, -0.25) is 4.79 Å². The summed E-state index contributed by atoms with van der Waals surface area (Å²) in [7, 11) is 0. The molecule has 4 unspecified atom stereocenters. The zero-order valence-corrected chi connectivity index (χ0v) is 16.3. The van der Waals surface area contributed by atoms with E-state index in [-0.39, 0.29) is 27.8 Å². The fourth-order valence-corrected chi connectivity index (χ4v) is 5.85. The highest BCUT2D eigenvalue weighted by atomic mass is 16.6. The van der Waals surface area contributed by atoms with Gasteiger partial charge in [0.05, 0.1) is 5.41 Å². The Balaban J connectivity index is 1.72. The first-order valence-corrected chi connectivity index (χ1v) is 9.60. The summed E-state index contributed by atoms with van der Waals surface area (Å²) in [5, 5.41) is 0. The van der Waals surface area contributed by atoms with Gasteiger partial charge in [-0.2, -0.15) is 0 Å². The van der Waals surface area contributed by atoms with Crippen LogP contribution in [0.2, 0.25) is 0 Å². The normalized spacial score (nSPS) is 38.7. The molecule has 0 amide bonds. The first-order chi connectivity index (χ1) is 10.4. The third-order valence-electron chi connectivity index (χ3n) is 7.12. The van der Waals surface area contributed by atoms with Gasteiger partial charge in [-0.25, -0.2) is 0 Å². The third-order valence-corrected chi connectivity index (χ3v) is 7.12. The summed E-state index contributed by atoms with van der Waals surface area (Å²) in [6.45, 7) is 15.5. The molecule has 2 bridgehead atoms. The number of rotatable bonds is 4. The molecule has 0 heterocycles. The van der Waals surface area contributed by atoms with Crippen molar-refractivity contribution in [3.05, 3.63) is 0 Å². The van der Waals surface area contributed by atoms with E-state index in [9.17, 15) is 4.79 Å². The van der Waals surface area contributed by atoms with Crippen molar-refractivity contribution in [2.24, 2.45) is 34.0 Å². The summed E-state index contributed by atoms with van der Waals surface area (Å²) in [5.41, 5.74) is -0.327. The lowest BCUT2D eigenvalue weighted by molar-refractivity contribution is -0.173. The molecule has 0 radical (unpaired) electrons. The molecule has 3 rings (SSSR count). The van der Waals surface area contributed by atoms with Gasteiger partial charge < -0.3 is 4.74 Å². The third kappa shape index (κ3) is 2.96. The molecule has 0 saturated heterocycles. The molecule has 0 spiro atoms. The molecule has 4 atom stereocenters. The lowest BCUT2D eigenvalue weighted by Crippen LogP contribution is -2.42. The van der Waals surface area contributed by atoms with Crippen molar-refractivity contribution in [2.45, 2.75) is 92.6 Å². The number of hydrogen-bond donors (Lipinski definition) is 0. The molecule has 3 aliphatic rings. The van der Waals surface area contributed by atoms with E-state index in [0.717, 1.165) is 24.7 Å². The van der Waals surface area contributed by atoms with Gasteiger partial charge in [-0.15, -0.1) is 0 Å². The van der Waals surface area contributed by atoms with Crippen molar-refractivity contribution in [1.82, 2.24) is 0 Å². The minimum Gasteiger partial charge on any atom is -0.459 e. The summed E-state index contributed by atoms with van der Waals surface area (Å²) < 4.78 is 6.24. The number of carbonyl (C=O) groups excluding carboxylic acids is 1. The number of hydrogen-bond acceptors (Lipinski definition) is 2. The molecule has 0 N–H and O–H groups in total. The molecule has 0 aliphatic heterocycles. The van der Waals surface area contributed by atoms with Gasteiger partial charge in [-0.05, 0) is 68.6 Å². The molecule has 3 aliphatic carbocycles. The summed E-state index contributed by atoms with van der Waals surface area (Å²) in [5.74, 6) is 2.32. The van der Waals surface area contributed by atoms with Crippen LogP contribution in [0.15, 0.2) is 0 Å².